The van der Waals surface area contributed by atoms with Gasteiger partial charge in [0.1, 0.15) is 0 Å². The highest BCUT2D eigenvalue weighted by Crippen LogP contribution is 2.33. The normalized spacial score (nSPS) is 24.9. The number of ether oxygens (including phenoxy) is 1. The van der Waals surface area contributed by atoms with Crippen LogP contribution in [0.1, 0.15) is 52.2 Å². The minimum atomic E-state index is 0.247. The molecule has 2 rings (SSSR count). The van der Waals surface area contributed by atoms with Crippen LogP contribution in [0.2, 0.25) is 0 Å². The van der Waals surface area contributed by atoms with Crippen molar-refractivity contribution in [2.24, 2.45) is 5.92 Å². The Labute approximate surface area is 112 Å². The summed E-state index contributed by atoms with van der Waals surface area (Å²) < 4.78 is 5.68. The molecule has 1 nitrogen and oxygen atoms in total. The largest absolute Gasteiger partial charge is 0.369 e. The van der Waals surface area contributed by atoms with Crippen molar-refractivity contribution in [3.05, 3.63) is 35.4 Å². The molecule has 18 heavy (non-hydrogen) atoms. The SMILES string of the molecule is CCC1OC1C(C)Cc1ccc(C(C)(C)C)cc1. The summed E-state index contributed by atoms with van der Waals surface area (Å²) in [6.45, 7) is 11.3. The fourth-order valence-electron chi connectivity index (χ4n) is 2.61. The Balaban J connectivity index is 1.94. The third-order valence-electron chi connectivity index (χ3n) is 3.96. The van der Waals surface area contributed by atoms with Crippen LogP contribution in [0.4, 0.5) is 0 Å². The Hall–Kier alpha value is -0.820. The second-order valence-corrected chi connectivity index (χ2v) is 6.68. The second kappa shape index (κ2) is 5.05. The van der Waals surface area contributed by atoms with E-state index in [1.807, 2.05) is 0 Å². The zero-order valence-corrected chi connectivity index (χ0v) is 12.4. The molecule has 0 saturated carbocycles. The quantitative estimate of drug-likeness (QED) is 0.720. The minimum absolute atomic E-state index is 0.247. The van der Waals surface area contributed by atoms with Gasteiger partial charge in [-0.25, -0.2) is 0 Å². The Kier molecular flexibility index (Phi) is 3.82. The fraction of sp³-hybridized carbons (Fsp3) is 0.647. The van der Waals surface area contributed by atoms with E-state index in [1.54, 1.807) is 0 Å². The first-order valence-electron chi connectivity index (χ1n) is 7.16. The van der Waals surface area contributed by atoms with Gasteiger partial charge in [-0.2, -0.15) is 0 Å². The molecule has 0 aromatic heterocycles. The zero-order chi connectivity index (χ0) is 13.3. The van der Waals surface area contributed by atoms with Crippen LogP contribution in [0, 0.1) is 5.92 Å². The van der Waals surface area contributed by atoms with Crippen molar-refractivity contribution in [2.75, 3.05) is 0 Å². The van der Waals surface area contributed by atoms with Crippen molar-refractivity contribution in [3.8, 4) is 0 Å². The zero-order valence-electron chi connectivity index (χ0n) is 12.4. The molecule has 0 amide bonds. The average Bonchev–Trinajstić information content (AvgIpc) is 3.07. The lowest BCUT2D eigenvalue weighted by Crippen LogP contribution is -2.12. The van der Waals surface area contributed by atoms with E-state index in [2.05, 4.69) is 58.9 Å². The van der Waals surface area contributed by atoms with Gasteiger partial charge in [-0.15, -0.1) is 0 Å². The lowest BCUT2D eigenvalue weighted by molar-refractivity contribution is 0.322. The van der Waals surface area contributed by atoms with Gasteiger partial charge in [0.25, 0.3) is 0 Å². The summed E-state index contributed by atoms with van der Waals surface area (Å²) in [4.78, 5) is 0. The van der Waals surface area contributed by atoms with Crippen LogP contribution in [0.5, 0.6) is 0 Å². The molecule has 1 fully saturated rings. The number of epoxide rings is 1. The summed E-state index contributed by atoms with van der Waals surface area (Å²) in [7, 11) is 0. The monoisotopic (exact) mass is 246 g/mol. The molecular formula is C17H26O. The highest BCUT2D eigenvalue weighted by atomic mass is 16.6. The van der Waals surface area contributed by atoms with Crippen LogP contribution < -0.4 is 0 Å². The van der Waals surface area contributed by atoms with Gasteiger partial charge in [-0.1, -0.05) is 58.9 Å². The minimum Gasteiger partial charge on any atom is -0.369 e. The summed E-state index contributed by atoms with van der Waals surface area (Å²) >= 11 is 0. The third kappa shape index (κ3) is 3.14. The van der Waals surface area contributed by atoms with Crippen LogP contribution in [0.25, 0.3) is 0 Å². The molecule has 1 saturated heterocycles. The standard InChI is InChI=1S/C17H26O/c1-6-15-16(18-15)12(2)11-13-7-9-14(10-8-13)17(3,4)5/h7-10,12,15-16H,6,11H2,1-5H3. The molecule has 1 heteroatoms. The molecule has 3 unspecified atom stereocenters. The Bertz CT molecular complexity index is 385. The van der Waals surface area contributed by atoms with Gasteiger partial charge in [0.05, 0.1) is 12.2 Å². The third-order valence-corrected chi connectivity index (χ3v) is 3.96. The van der Waals surface area contributed by atoms with E-state index in [-0.39, 0.29) is 5.41 Å². The van der Waals surface area contributed by atoms with Crippen molar-refractivity contribution in [2.45, 2.75) is 65.1 Å². The number of rotatable bonds is 4. The smallest absolute Gasteiger partial charge is 0.0870 e. The number of benzene rings is 1. The molecule has 0 radical (unpaired) electrons. The Morgan fingerprint density at radius 1 is 1.17 bits per heavy atom. The lowest BCUT2D eigenvalue weighted by atomic mass is 9.86. The summed E-state index contributed by atoms with van der Waals surface area (Å²) in [6.07, 6.45) is 3.30. The van der Waals surface area contributed by atoms with E-state index in [0.29, 0.717) is 18.1 Å². The molecule has 3 atom stereocenters. The van der Waals surface area contributed by atoms with Crippen LogP contribution in [0.15, 0.2) is 24.3 Å². The van der Waals surface area contributed by atoms with Gasteiger partial charge in [0.2, 0.25) is 0 Å². The predicted octanol–water partition coefficient (Wildman–Crippen LogP) is 4.34. The summed E-state index contributed by atoms with van der Waals surface area (Å²) in [5, 5.41) is 0. The van der Waals surface area contributed by atoms with Crippen LogP contribution in [-0.4, -0.2) is 12.2 Å². The average molecular weight is 246 g/mol. The molecule has 0 spiro atoms. The first kappa shape index (κ1) is 13.6. The summed E-state index contributed by atoms with van der Waals surface area (Å²) in [5.41, 5.74) is 3.09. The van der Waals surface area contributed by atoms with Crippen LogP contribution in [0.3, 0.4) is 0 Å². The van der Waals surface area contributed by atoms with Gasteiger partial charge in [-0.3, -0.25) is 0 Å². The van der Waals surface area contributed by atoms with E-state index in [4.69, 9.17) is 4.74 Å². The van der Waals surface area contributed by atoms with E-state index in [1.165, 1.54) is 11.1 Å². The molecule has 1 aromatic carbocycles. The second-order valence-electron chi connectivity index (χ2n) is 6.68. The molecule has 1 aliphatic rings. The molecule has 0 aliphatic carbocycles. The highest BCUT2D eigenvalue weighted by molar-refractivity contribution is 5.27. The van der Waals surface area contributed by atoms with Crippen molar-refractivity contribution in [1.29, 1.82) is 0 Å². The summed E-state index contributed by atoms with van der Waals surface area (Å²) in [5.74, 6) is 0.635. The van der Waals surface area contributed by atoms with E-state index >= 15 is 0 Å². The van der Waals surface area contributed by atoms with Crippen molar-refractivity contribution in [1.82, 2.24) is 0 Å². The van der Waals surface area contributed by atoms with Gasteiger partial charge < -0.3 is 4.74 Å². The van der Waals surface area contributed by atoms with E-state index in [9.17, 15) is 0 Å². The van der Waals surface area contributed by atoms with Crippen LogP contribution >= 0.6 is 0 Å². The first-order chi connectivity index (χ1) is 8.41. The molecule has 1 heterocycles. The number of hydrogen-bond donors (Lipinski definition) is 0. The number of hydrogen-bond acceptors (Lipinski definition) is 1. The van der Waals surface area contributed by atoms with Crippen molar-refractivity contribution >= 4 is 0 Å². The Morgan fingerprint density at radius 3 is 2.22 bits per heavy atom. The van der Waals surface area contributed by atoms with E-state index in [0.717, 1.165) is 12.8 Å². The molecule has 1 aliphatic heterocycles. The maximum atomic E-state index is 5.68. The lowest BCUT2D eigenvalue weighted by Gasteiger charge is -2.19. The Morgan fingerprint density at radius 2 is 1.78 bits per heavy atom. The van der Waals surface area contributed by atoms with Gasteiger partial charge >= 0.3 is 0 Å². The molecule has 1 aromatic rings. The molecular weight excluding hydrogens is 220 g/mol. The highest BCUT2D eigenvalue weighted by Gasteiger charge is 2.40. The molecule has 0 bridgehead atoms. The molecule has 100 valence electrons. The fourth-order valence-corrected chi connectivity index (χ4v) is 2.61. The van der Waals surface area contributed by atoms with Crippen molar-refractivity contribution in [3.63, 3.8) is 0 Å². The van der Waals surface area contributed by atoms with E-state index < -0.39 is 0 Å². The summed E-state index contributed by atoms with van der Waals surface area (Å²) in [6, 6.07) is 9.10. The van der Waals surface area contributed by atoms with Gasteiger partial charge in [0, 0.05) is 0 Å². The first-order valence-corrected chi connectivity index (χ1v) is 7.16. The predicted molar refractivity (Wildman–Crippen MR) is 77.0 cm³/mol. The topological polar surface area (TPSA) is 12.5 Å². The van der Waals surface area contributed by atoms with Crippen LogP contribution in [-0.2, 0) is 16.6 Å². The van der Waals surface area contributed by atoms with Gasteiger partial charge in [-0.05, 0) is 35.3 Å². The molecule has 0 N–H and O–H groups in total. The maximum absolute atomic E-state index is 5.68. The van der Waals surface area contributed by atoms with Crippen molar-refractivity contribution < 1.29 is 4.74 Å². The van der Waals surface area contributed by atoms with Gasteiger partial charge in [0.15, 0.2) is 0 Å². The maximum Gasteiger partial charge on any atom is 0.0870 e.